The zero-order chi connectivity index (χ0) is 13.0. The molecule has 2 saturated carbocycles. The molecule has 0 aromatic heterocycles. The average molecular weight is 250 g/mol. The van der Waals surface area contributed by atoms with Crippen molar-refractivity contribution in [3.05, 3.63) is 0 Å². The maximum atomic E-state index is 9.28. The third-order valence-corrected chi connectivity index (χ3v) is 4.31. The zero-order valence-electron chi connectivity index (χ0n) is 11.7. The Kier molecular flexibility index (Phi) is 4.64. The zero-order valence-corrected chi connectivity index (χ0v) is 11.7. The maximum absolute atomic E-state index is 9.28. The van der Waals surface area contributed by atoms with Crippen LogP contribution in [0.5, 0.6) is 0 Å². The number of nitrogens with one attached hydrogen (secondary N) is 1. The minimum absolute atomic E-state index is 0.404. The molecule has 0 aromatic carbocycles. The van der Waals surface area contributed by atoms with Crippen molar-refractivity contribution in [2.75, 3.05) is 6.61 Å². The molecule has 3 nitrogen and oxygen atoms in total. The summed E-state index contributed by atoms with van der Waals surface area (Å²) in [5, 5.41) is 12.7. The second kappa shape index (κ2) is 6.04. The molecule has 3 heteroatoms. The normalized spacial score (nSPS) is 31.6. The molecular weight excluding hydrogens is 224 g/mol. The van der Waals surface area contributed by atoms with Crippen molar-refractivity contribution in [2.24, 2.45) is 5.92 Å². The van der Waals surface area contributed by atoms with Gasteiger partial charge in [-0.25, -0.2) is 0 Å². The molecule has 2 rings (SSSR count). The van der Waals surface area contributed by atoms with Crippen LogP contribution in [-0.4, -0.2) is 24.3 Å². The lowest BCUT2D eigenvalue weighted by molar-refractivity contribution is -0.0108. The molecule has 0 amide bonds. The predicted octanol–water partition coefficient (Wildman–Crippen LogP) is 3.01. The molecule has 3 atom stereocenters. The van der Waals surface area contributed by atoms with E-state index in [-0.39, 0.29) is 0 Å². The molecule has 102 valence electrons. The van der Waals surface area contributed by atoms with Gasteiger partial charge in [0.15, 0.2) is 0 Å². The van der Waals surface area contributed by atoms with Crippen molar-refractivity contribution < 1.29 is 4.74 Å². The molecule has 18 heavy (non-hydrogen) atoms. The van der Waals surface area contributed by atoms with Gasteiger partial charge >= 0.3 is 0 Å². The van der Waals surface area contributed by atoms with Gasteiger partial charge in [-0.3, -0.25) is 5.32 Å². The Labute approximate surface area is 111 Å². The van der Waals surface area contributed by atoms with Gasteiger partial charge in [-0.15, -0.1) is 0 Å². The lowest BCUT2D eigenvalue weighted by Crippen LogP contribution is -2.43. The molecule has 2 aliphatic carbocycles. The van der Waals surface area contributed by atoms with Crippen molar-refractivity contribution in [1.29, 1.82) is 5.26 Å². The topological polar surface area (TPSA) is 45.0 Å². The van der Waals surface area contributed by atoms with E-state index in [2.05, 4.69) is 18.3 Å². The maximum Gasteiger partial charge on any atom is 0.106 e. The van der Waals surface area contributed by atoms with E-state index in [1.807, 2.05) is 6.92 Å². The first-order valence-corrected chi connectivity index (χ1v) is 7.43. The van der Waals surface area contributed by atoms with E-state index in [1.54, 1.807) is 0 Å². The monoisotopic (exact) mass is 250 g/mol. The highest BCUT2D eigenvalue weighted by Crippen LogP contribution is 2.27. The van der Waals surface area contributed by atoms with Crippen molar-refractivity contribution in [1.82, 2.24) is 5.32 Å². The third kappa shape index (κ3) is 3.96. The quantitative estimate of drug-likeness (QED) is 0.788. The summed E-state index contributed by atoms with van der Waals surface area (Å²) < 4.78 is 6.00. The first-order chi connectivity index (χ1) is 8.63. The van der Waals surface area contributed by atoms with E-state index in [0.717, 1.165) is 6.42 Å². The number of rotatable bonds is 6. The summed E-state index contributed by atoms with van der Waals surface area (Å²) >= 11 is 0. The standard InChI is InChI=1S/C15H26N2O/c1-12-5-3-4-6-14(12)18-10-9-15(2,11-16)17-13-7-8-13/h12-14,17H,3-10H2,1-2H3. The summed E-state index contributed by atoms with van der Waals surface area (Å²) in [6.07, 6.45) is 8.78. The van der Waals surface area contributed by atoms with Crippen LogP contribution in [0.1, 0.15) is 58.8 Å². The minimum atomic E-state index is -0.404. The molecule has 0 bridgehead atoms. The highest BCUT2D eigenvalue weighted by Gasteiger charge is 2.32. The fourth-order valence-electron chi connectivity index (χ4n) is 2.78. The highest BCUT2D eigenvalue weighted by molar-refractivity contribution is 5.07. The van der Waals surface area contributed by atoms with E-state index in [0.29, 0.717) is 24.7 Å². The van der Waals surface area contributed by atoms with Crippen molar-refractivity contribution >= 4 is 0 Å². The van der Waals surface area contributed by atoms with E-state index in [1.165, 1.54) is 38.5 Å². The first kappa shape index (κ1) is 13.8. The van der Waals surface area contributed by atoms with Gasteiger partial charge in [-0.1, -0.05) is 19.8 Å². The van der Waals surface area contributed by atoms with Crippen LogP contribution in [0.25, 0.3) is 0 Å². The van der Waals surface area contributed by atoms with Gasteiger partial charge in [0.25, 0.3) is 0 Å². The number of nitriles is 1. The number of ether oxygens (including phenoxy) is 1. The summed E-state index contributed by atoms with van der Waals surface area (Å²) in [4.78, 5) is 0. The molecular formula is C15H26N2O. The molecule has 1 N–H and O–H groups in total. The minimum Gasteiger partial charge on any atom is -0.378 e. The molecule has 0 aromatic rings. The predicted molar refractivity (Wildman–Crippen MR) is 72.2 cm³/mol. The summed E-state index contributed by atoms with van der Waals surface area (Å²) in [7, 11) is 0. The fraction of sp³-hybridized carbons (Fsp3) is 0.933. The summed E-state index contributed by atoms with van der Waals surface area (Å²) in [6.45, 7) is 4.99. The highest BCUT2D eigenvalue weighted by atomic mass is 16.5. The van der Waals surface area contributed by atoms with Crippen LogP contribution in [0.2, 0.25) is 0 Å². The van der Waals surface area contributed by atoms with Crippen LogP contribution in [-0.2, 0) is 4.74 Å². The second-order valence-corrected chi connectivity index (χ2v) is 6.28. The molecule has 0 heterocycles. The van der Waals surface area contributed by atoms with Crippen molar-refractivity contribution in [3.63, 3.8) is 0 Å². The fourth-order valence-corrected chi connectivity index (χ4v) is 2.78. The molecule has 2 aliphatic rings. The largest absolute Gasteiger partial charge is 0.378 e. The Bertz CT molecular complexity index is 308. The lowest BCUT2D eigenvalue weighted by atomic mass is 9.88. The van der Waals surface area contributed by atoms with Crippen LogP contribution in [0, 0.1) is 17.2 Å². The Hall–Kier alpha value is -0.590. The van der Waals surface area contributed by atoms with Crippen LogP contribution in [0.4, 0.5) is 0 Å². The lowest BCUT2D eigenvalue weighted by Gasteiger charge is -2.30. The second-order valence-electron chi connectivity index (χ2n) is 6.28. The number of nitrogens with zero attached hydrogens (tertiary/aromatic N) is 1. The molecule has 3 unspecified atom stereocenters. The third-order valence-electron chi connectivity index (χ3n) is 4.31. The van der Waals surface area contributed by atoms with Crippen LogP contribution < -0.4 is 5.32 Å². The van der Waals surface area contributed by atoms with E-state index in [4.69, 9.17) is 4.74 Å². The van der Waals surface area contributed by atoms with Gasteiger partial charge in [0.2, 0.25) is 0 Å². The summed E-state index contributed by atoms with van der Waals surface area (Å²) in [5.74, 6) is 0.684. The number of hydrogen-bond acceptors (Lipinski definition) is 3. The average Bonchev–Trinajstić information content (AvgIpc) is 3.15. The SMILES string of the molecule is CC1CCCCC1OCCC(C)(C#N)NC1CC1. The first-order valence-electron chi connectivity index (χ1n) is 7.43. The Morgan fingerprint density at radius 1 is 1.28 bits per heavy atom. The Morgan fingerprint density at radius 2 is 2.00 bits per heavy atom. The molecule has 0 spiro atoms. The van der Waals surface area contributed by atoms with E-state index in [9.17, 15) is 5.26 Å². The van der Waals surface area contributed by atoms with Crippen LogP contribution in [0.3, 0.4) is 0 Å². The van der Waals surface area contributed by atoms with Crippen molar-refractivity contribution in [3.8, 4) is 6.07 Å². The van der Waals surface area contributed by atoms with Gasteiger partial charge in [-0.2, -0.15) is 5.26 Å². The van der Waals surface area contributed by atoms with Gasteiger partial charge in [0.1, 0.15) is 5.54 Å². The van der Waals surface area contributed by atoms with Crippen molar-refractivity contribution in [2.45, 2.75) is 76.5 Å². The smallest absolute Gasteiger partial charge is 0.106 e. The molecule has 0 aliphatic heterocycles. The van der Waals surface area contributed by atoms with Crippen LogP contribution >= 0.6 is 0 Å². The summed E-state index contributed by atoms with van der Waals surface area (Å²) in [5.41, 5.74) is -0.404. The van der Waals surface area contributed by atoms with E-state index < -0.39 is 5.54 Å². The molecule has 0 saturated heterocycles. The van der Waals surface area contributed by atoms with Crippen LogP contribution in [0.15, 0.2) is 0 Å². The van der Waals surface area contributed by atoms with Gasteiger partial charge in [0, 0.05) is 19.1 Å². The number of hydrogen-bond donors (Lipinski definition) is 1. The van der Waals surface area contributed by atoms with Gasteiger partial charge < -0.3 is 4.74 Å². The van der Waals surface area contributed by atoms with Gasteiger partial charge in [0.05, 0.1) is 12.2 Å². The molecule has 0 radical (unpaired) electrons. The van der Waals surface area contributed by atoms with E-state index >= 15 is 0 Å². The Balaban J connectivity index is 1.70. The Morgan fingerprint density at radius 3 is 2.61 bits per heavy atom. The molecule has 2 fully saturated rings. The summed E-state index contributed by atoms with van der Waals surface area (Å²) in [6, 6.07) is 2.98. The van der Waals surface area contributed by atoms with Gasteiger partial charge in [-0.05, 0) is 38.5 Å².